The zero-order chi connectivity index (χ0) is 12.6. The van der Waals surface area contributed by atoms with Crippen LogP contribution in [-0.4, -0.2) is 22.2 Å². The largest absolute Gasteiger partial charge is 0.394 e. The van der Waals surface area contributed by atoms with Crippen molar-refractivity contribution >= 4 is 10.9 Å². The van der Waals surface area contributed by atoms with Crippen molar-refractivity contribution in [2.45, 2.75) is 31.8 Å². The van der Waals surface area contributed by atoms with E-state index < -0.39 is 0 Å². The fourth-order valence-corrected chi connectivity index (χ4v) is 2.37. The first-order chi connectivity index (χ1) is 8.72. The lowest BCUT2D eigenvalue weighted by atomic mass is 10.1. The molecule has 3 nitrogen and oxygen atoms in total. The van der Waals surface area contributed by atoms with Gasteiger partial charge in [-0.2, -0.15) is 0 Å². The van der Waals surface area contributed by atoms with E-state index in [1.165, 1.54) is 10.9 Å². The summed E-state index contributed by atoms with van der Waals surface area (Å²) < 4.78 is 0. The second-order valence-corrected chi connectivity index (χ2v) is 5.23. The van der Waals surface area contributed by atoms with Gasteiger partial charge in [0.15, 0.2) is 0 Å². The Balaban J connectivity index is 1.91. The van der Waals surface area contributed by atoms with Gasteiger partial charge in [-0.25, -0.2) is 0 Å². The normalized spacial score (nSPS) is 17.0. The van der Waals surface area contributed by atoms with Gasteiger partial charge in [-0.3, -0.25) is 4.98 Å². The van der Waals surface area contributed by atoms with E-state index in [2.05, 4.69) is 22.4 Å². The van der Waals surface area contributed by atoms with Crippen LogP contribution in [0.1, 0.15) is 24.1 Å². The number of fused-ring (bicyclic) bond motifs is 1. The Morgan fingerprint density at radius 3 is 2.83 bits per heavy atom. The fourth-order valence-electron chi connectivity index (χ4n) is 2.37. The monoisotopic (exact) mass is 242 g/mol. The number of nitrogens with one attached hydrogen (secondary N) is 1. The molecule has 2 aromatic rings. The number of rotatable bonds is 4. The molecule has 0 radical (unpaired) electrons. The van der Waals surface area contributed by atoms with Crippen LogP contribution < -0.4 is 5.32 Å². The number of para-hydroxylation sites is 1. The molecule has 1 aliphatic rings. The third kappa shape index (κ3) is 2.11. The van der Waals surface area contributed by atoms with Crippen LogP contribution in [0.4, 0.5) is 0 Å². The lowest BCUT2D eigenvalue weighted by Crippen LogP contribution is -2.34. The van der Waals surface area contributed by atoms with Crippen molar-refractivity contribution in [1.29, 1.82) is 0 Å². The highest BCUT2D eigenvalue weighted by atomic mass is 16.3. The van der Waals surface area contributed by atoms with Gasteiger partial charge in [-0.05, 0) is 37.5 Å². The van der Waals surface area contributed by atoms with Crippen LogP contribution in [0.5, 0.6) is 0 Å². The summed E-state index contributed by atoms with van der Waals surface area (Å²) in [6.07, 6.45) is 2.15. The van der Waals surface area contributed by atoms with Crippen LogP contribution in [0.25, 0.3) is 10.9 Å². The van der Waals surface area contributed by atoms with Gasteiger partial charge in [0.2, 0.25) is 0 Å². The number of aliphatic hydroxyl groups is 1. The predicted molar refractivity (Wildman–Crippen MR) is 72.4 cm³/mol. The molecule has 3 heteroatoms. The SMILES string of the molecule is Cc1cc(CNC2(CO)CC2)c2ccccc2n1. The number of nitrogens with zero attached hydrogens (tertiary/aromatic N) is 1. The van der Waals surface area contributed by atoms with E-state index in [0.29, 0.717) is 0 Å². The Labute approximate surface area is 107 Å². The van der Waals surface area contributed by atoms with Crippen molar-refractivity contribution in [2.75, 3.05) is 6.61 Å². The molecule has 94 valence electrons. The molecule has 0 atom stereocenters. The highest BCUT2D eigenvalue weighted by Crippen LogP contribution is 2.35. The lowest BCUT2D eigenvalue weighted by Gasteiger charge is -2.15. The van der Waals surface area contributed by atoms with E-state index >= 15 is 0 Å². The van der Waals surface area contributed by atoms with E-state index in [0.717, 1.165) is 30.6 Å². The number of hydrogen-bond donors (Lipinski definition) is 2. The molecule has 3 rings (SSSR count). The van der Waals surface area contributed by atoms with Crippen LogP contribution in [0.2, 0.25) is 0 Å². The molecule has 0 bridgehead atoms. The maximum Gasteiger partial charge on any atom is 0.0708 e. The molecule has 1 aliphatic carbocycles. The molecule has 1 fully saturated rings. The van der Waals surface area contributed by atoms with Crippen molar-refractivity contribution < 1.29 is 5.11 Å². The van der Waals surface area contributed by atoms with Gasteiger partial charge in [0.05, 0.1) is 12.1 Å². The molecule has 0 aliphatic heterocycles. The number of pyridine rings is 1. The molecule has 0 spiro atoms. The van der Waals surface area contributed by atoms with Gasteiger partial charge in [-0.1, -0.05) is 18.2 Å². The minimum absolute atomic E-state index is 0.0156. The van der Waals surface area contributed by atoms with E-state index in [1.807, 2.05) is 25.1 Å². The van der Waals surface area contributed by atoms with Gasteiger partial charge in [0.25, 0.3) is 0 Å². The molecule has 0 amide bonds. The molecule has 1 heterocycles. The Morgan fingerprint density at radius 1 is 1.33 bits per heavy atom. The Hall–Kier alpha value is -1.45. The average Bonchev–Trinajstić information content (AvgIpc) is 3.16. The Kier molecular flexibility index (Phi) is 2.80. The molecular formula is C15H18N2O. The molecule has 18 heavy (non-hydrogen) atoms. The van der Waals surface area contributed by atoms with Crippen LogP contribution in [-0.2, 0) is 6.54 Å². The maximum absolute atomic E-state index is 9.33. The van der Waals surface area contributed by atoms with Crippen LogP contribution in [0.15, 0.2) is 30.3 Å². The number of aryl methyl sites for hydroxylation is 1. The van der Waals surface area contributed by atoms with Gasteiger partial charge < -0.3 is 10.4 Å². The van der Waals surface area contributed by atoms with Crippen molar-refractivity contribution in [3.8, 4) is 0 Å². The lowest BCUT2D eigenvalue weighted by molar-refractivity contribution is 0.230. The van der Waals surface area contributed by atoms with Gasteiger partial charge in [0.1, 0.15) is 0 Å². The van der Waals surface area contributed by atoms with Crippen molar-refractivity contribution in [3.05, 3.63) is 41.6 Å². The van der Waals surface area contributed by atoms with Crippen molar-refractivity contribution in [1.82, 2.24) is 10.3 Å². The van der Waals surface area contributed by atoms with Gasteiger partial charge in [-0.15, -0.1) is 0 Å². The highest BCUT2D eigenvalue weighted by molar-refractivity contribution is 5.82. The average molecular weight is 242 g/mol. The number of aliphatic hydroxyl groups excluding tert-OH is 1. The zero-order valence-electron chi connectivity index (χ0n) is 10.6. The third-order valence-electron chi connectivity index (χ3n) is 3.74. The van der Waals surface area contributed by atoms with Crippen molar-refractivity contribution in [2.24, 2.45) is 0 Å². The molecule has 0 saturated heterocycles. The fraction of sp³-hybridized carbons (Fsp3) is 0.400. The molecule has 1 aromatic carbocycles. The minimum atomic E-state index is -0.0156. The zero-order valence-corrected chi connectivity index (χ0v) is 10.6. The quantitative estimate of drug-likeness (QED) is 0.863. The van der Waals surface area contributed by atoms with Crippen LogP contribution in [0.3, 0.4) is 0 Å². The summed E-state index contributed by atoms with van der Waals surface area (Å²) in [5.74, 6) is 0. The molecule has 2 N–H and O–H groups in total. The minimum Gasteiger partial charge on any atom is -0.394 e. The predicted octanol–water partition coefficient (Wildman–Crippen LogP) is 2.16. The first kappa shape index (κ1) is 11.6. The van der Waals surface area contributed by atoms with Crippen LogP contribution in [0, 0.1) is 6.92 Å². The molecule has 1 saturated carbocycles. The summed E-state index contributed by atoms with van der Waals surface area (Å²) in [4.78, 5) is 4.54. The van der Waals surface area contributed by atoms with E-state index in [4.69, 9.17) is 0 Å². The first-order valence-electron chi connectivity index (χ1n) is 6.44. The van der Waals surface area contributed by atoms with Crippen molar-refractivity contribution in [3.63, 3.8) is 0 Å². The smallest absolute Gasteiger partial charge is 0.0708 e. The first-order valence-corrected chi connectivity index (χ1v) is 6.44. The van der Waals surface area contributed by atoms with E-state index in [9.17, 15) is 5.11 Å². The summed E-state index contributed by atoms with van der Waals surface area (Å²) in [5.41, 5.74) is 3.33. The van der Waals surface area contributed by atoms with Gasteiger partial charge >= 0.3 is 0 Å². The Morgan fingerprint density at radius 2 is 2.11 bits per heavy atom. The second-order valence-electron chi connectivity index (χ2n) is 5.23. The summed E-state index contributed by atoms with van der Waals surface area (Å²) in [7, 11) is 0. The topological polar surface area (TPSA) is 45.1 Å². The summed E-state index contributed by atoms with van der Waals surface area (Å²) in [6.45, 7) is 3.05. The summed E-state index contributed by atoms with van der Waals surface area (Å²) in [5, 5.41) is 14.0. The maximum atomic E-state index is 9.33. The standard InChI is InChI=1S/C15H18N2O/c1-11-8-12(9-16-15(10-18)6-7-15)13-4-2-3-5-14(13)17-11/h2-5,8,16,18H,6-7,9-10H2,1H3. The number of aromatic nitrogens is 1. The summed E-state index contributed by atoms with van der Waals surface area (Å²) in [6, 6.07) is 10.3. The third-order valence-corrected chi connectivity index (χ3v) is 3.74. The van der Waals surface area contributed by atoms with E-state index in [-0.39, 0.29) is 12.1 Å². The highest BCUT2D eigenvalue weighted by Gasteiger charge is 2.41. The number of benzene rings is 1. The molecule has 1 aromatic heterocycles. The van der Waals surface area contributed by atoms with Gasteiger partial charge in [0, 0.05) is 23.2 Å². The number of hydrogen-bond acceptors (Lipinski definition) is 3. The molecular weight excluding hydrogens is 224 g/mol. The molecule has 0 unspecified atom stereocenters. The Bertz CT molecular complexity index is 576. The van der Waals surface area contributed by atoms with Crippen LogP contribution >= 0.6 is 0 Å². The second kappa shape index (κ2) is 4.34. The summed E-state index contributed by atoms with van der Waals surface area (Å²) >= 11 is 0. The van der Waals surface area contributed by atoms with E-state index in [1.54, 1.807) is 0 Å².